The van der Waals surface area contributed by atoms with Crippen molar-refractivity contribution in [2.45, 2.75) is 39.3 Å². The van der Waals surface area contributed by atoms with Crippen LogP contribution in [0.3, 0.4) is 0 Å². The molecule has 0 radical (unpaired) electrons. The van der Waals surface area contributed by atoms with Crippen molar-refractivity contribution in [3.8, 4) is 6.07 Å². The first-order chi connectivity index (χ1) is 6.11. The Kier molecular flexibility index (Phi) is 6.56. The Bertz CT molecular complexity index is 160. The zero-order valence-corrected chi connectivity index (χ0v) is 9.17. The third-order valence-corrected chi connectivity index (χ3v) is 2.30. The minimum Gasteiger partial charge on any atom is -0.303 e. The number of nitrogens with one attached hydrogen (secondary N) is 1. The van der Waals surface area contributed by atoms with Gasteiger partial charge in [-0.1, -0.05) is 6.92 Å². The number of hydrogen-bond donors (Lipinski definition) is 1. The van der Waals surface area contributed by atoms with E-state index < -0.39 is 0 Å². The van der Waals surface area contributed by atoms with Crippen LogP contribution < -0.4 is 5.32 Å². The Morgan fingerprint density at radius 1 is 1.46 bits per heavy atom. The second-order valence-electron chi connectivity index (χ2n) is 3.62. The van der Waals surface area contributed by atoms with Crippen LogP contribution in [0.15, 0.2) is 0 Å². The Balaban J connectivity index is 3.50. The lowest BCUT2D eigenvalue weighted by Gasteiger charge is -2.21. The largest absolute Gasteiger partial charge is 0.303 e. The SMILES string of the molecule is CCC(C#N)NCCN(C)C(C)C. The van der Waals surface area contributed by atoms with Crippen molar-refractivity contribution in [2.24, 2.45) is 0 Å². The predicted molar refractivity (Wildman–Crippen MR) is 55.5 cm³/mol. The first-order valence-corrected chi connectivity index (χ1v) is 4.95. The van der Waals surface area contributed by atoms with Gasteiger partial charge in [0.15, 0.2) is 0 Å². The molecule has 0 aromatic heterocycles. The molecule has 0 spiro atoms. The van der Waals surface area contributed by atoms with Crippen LogP contribution in [0.2, 0.25) is 0 Å². The second-order valence-corrected chi connectivity index (χ2v) is 3.62. The molecule has 3 nitrogen and oxygen atoms in total. The molecule has 3 heteroatoms. The molecule has 1 N–H and O–H groups in total. The minimum atomic E-state index is 0.0144. The average molecular weight is 183 g/mol. The molecule has 13 heavy (non-hydrogen) atoms. The minimum absolute atomic E-state index is 0.0144. The van der Waals surface area contributed by atoms with E-state index in [1.54, 1.807) is 0 Å². The molecule has 0 bridgehead atoms. The van der Waals surface area contributed by atoms with Gasteiger partial charge in [-0.05, 0) is 27.3 Å². The summed E-state index contributed by atoms with van der Waals surface area (Å²) >= 11 is 0. The van der Waals surface area contributed by atoms with Gasteiger partial charge in [0.1, 0.15) is 0 Å². The maximum atomic E-state index is 8.67. The molecule has 0 heterocycles. The lowest BCUT2D eigenvalue weighted by Crippen LogP contribution is -2.37. The van der Waals surface area contributed by atoms with Crippen LogP contribution in [-0.4, -0.2) is 37.1 Å². The van der Waals surface area contributed by atoms with E-state index in [9.17, 15) is 0 Å². The summed E-state index contributed by atoms with van der Waals surface area (Å²) in [6.07, 6.45) is 0.877. The Morgan fingerprint density at radius 3 is 2.46 bits per heavy atom. The topological polar surface area (TPSA) is 39.1 Å². The number of hydrogen-bond acceptors (Lipinski definition) is 3. The van der Waals surface area contributed by atoms with Crippen molar-refractivity contribution >= 4 is 0 Å². The lowest BCUT2D eigenvalue weighted by atomic mass is 10.2. The van der Waals surface area contributed by atoms with Gasteiger partial charge in [-0.2, -0.15) is 5.26 Å². The summed E-state index contributed by atoms with van der Waals surface area (Å²) in [6.45, 7) is 8.24. The van der Waals surface area contributed by atoms with E-state index in [4.69, 9.17) is 5.26 Å². The van der Waals surface area contributed by atoms with Crippen molar-refractivity contribution in [3.05, 3.63) is 0 Å². The number of nitrogens with zero attached hydrogens (tertiary/aromatic N) is 2. The highest BCUT2D eigenvalue weighted by molar-refractivity contribution is 4.88. The molecule has 0 aromatic rings. The highest BCUT2D eigenvalue weighted by Gasteiger charge is 2.05. The maximum absolute atomic E-state index is 8.67. The summed E-state index contributed by atoms with van der Waals surface area (Å²) in [6, 6.07) is 2.81. The first kappa shape index (κ1) is 12.4. The number of rotatable bonds is 6. The van der Waals surface area contributed by atoms with E-state index >= 15 is 0 Å². The summed E-state index contributed by atoms with van der Waals surface area (Å²) in [5.74, 6) is 0. The van der Waals surface area contributed by atoms with Crippen molar-refractivity contribution in [1.82, 2.24) is 10.2 Å². The molecule has 0 aliphatic rings. The fourth-order valence-corrected chi connectivity index (χ4v) is 0.955. The normalized spacial score (nSPS) is 13.3. The molecule has 0 aliphatic heterocycles. The van der Waals surface area contributed by atoms with Crippen LogP contribution in [0.5, 0.6) is 0 Å². The third kappa shape index (κ3) is 5.62. The molecule has 0 aromatic carbocycles. The van der Waals surface area contributed by atoms with Crippen molar-refractivity contribution < 1.29 is 0 Å². The zero-order chi connectivity index (χ0) is 10.3. The summed E-state index contributed by atoms with van der Waals surface area (Å²) < 4.78 is 0. The summed E-state index contributed by atoms with van der Waals surface area (Å²) in [7, 11) is 2.10. The molecular formula is C10H21N3. The number of likely N-dealkylation sites (N-methyl/N-ethyl adjacent to an activating group) is 1. The van der Waals surface area contributed by atoms with Gasteiger partial charge in [-0.3, -0.25) is 0 Å². The zero-order valence-electron chi connectivity index (χ0n) is 9.17. The monoisotopic (exact) mass is 183 g/mol. The summed E-state index contributed by atoms with van der Waals surface area (Å²) in [5.41, 5.74) is 0. The van der Waals surface area contributed by atoms with E-state index in [0.717, 1.165) is 19.5 Å². The van der Waals surface area contributed by atoms with Gasteiger partial charge >= 0.3 is 0 Å². The van der Waals surface area contributed by atoms with Crippen LogP contribution in [0, 0.1) is 11.3 Å². The molecule has 0 saturated heterocycles. The van der Waals surface area contributed by atoms with Gasteiger partial charge in [-0.25, -0.2) is 0 Å². The van der Waals surface area contributed by atoms with Gasteiger partial charge in [0.05, 0.1) is 12.1 Å². The Morgan fingerprint density at radius 2 is 2.08 bits per heavy atom. The molecular weight excluding hydrogens is 162 g/mol. The van der Waals surface area contributed by atoms with Crippen LogP contribution in [-0.2, 0) is 0 Å². The predicted octanol–water partition coefficient (Wildman–Crippen LogP) is 1.22. The fourth-order valence-electron chi connectivity index (χ4n) is 0.955. The molecule has 0 rings (SSSR count). The van der Waals surface area contributed by atoms with Crippen LogP contribution in [0.25, 0.3) is 0 Å². The first-order valence-electron chi connectivity index (χ1n) is 4.95. The fraction of sp³-hybridized carbons (Fsp3) is 0.900. The van der Waals surface area contributed by atoms with Gasteiger partial charge in [0.25, 0.3) is 0 Å². The standard InChI is InChI=1S/C10H21N3/c1-5-10(8-11)12-6-7-13(4)9(2)3/h9-10,12H,5-7H2,1-4H3. The molecule has 0 amide bonds. The molecule has 0 saturated carbocycles. The molecule has 0 fully saturated rings. The lowest BCUT2D eigenvalue weighted by molar-refractivity contribution is 0.271. The van der Waals surface area contributed by atoms with E-state index in [1.807, 2.05) is 6.92 Å². The van der Waals surface area contributed by atoms with Gasteiger partial charge in [0, 0.05) is 19.1 Å². The van der Waals surface area contributed by atoms with Crippen LogP contribution in [0.1, 0.15) is 27.2 Å². The number of nitriles is 1. The van der Waals surface area contributed by atoms with E-state index in [1.165, 1.54) is 0 Å². The van der Waals surface area contributed by atoms with Crippen molar-refractivity contribution in [2.75, 3.05) is 20.1 Å². The van der Waals surface area contributed by atoms with Gasteiger partial charge in [0.2, 0.25) is 0 Å². The molecule has 1 atom stereocenters. The summed E-state index contributed by atoms with van der Waals surface area (Å²) in [5, 5.41) is 11.9. The molecule has 76 valence electrons. The van der Waals surface area contributed by atoms with Crippen molar-refractivity contribution in [1.29, 1.82) is 5.26 Å². The quantitative estimate of drug-likeness (QED) is 0.673. The smallest absolute Gasteiger partial charge is 0.0950 e. The summed E-state index contributed by atoms with van der Waals surface area (Å²) in [4.78, 5) is 2.26. The second kappa shape index (κ2) is 6.88. The Hall–Kier alpha value is -0.590. The highest BCUT2D eigenvalue weighted by atomic mass is 15.1. The highest BCUT2D eigenvalue weighted by Crippen LogP contribution is 1.92. The molecule has 0 aliphatic carbocycles. The van der Waals surface area contributed by atoms with E-state index in [2.05, 4.69) is 37.2 Å². The van der Waals surface area contributed by atoms with Crippen molar-refractivity contribution in [3.63, 3.8) is 0 Å². The van der Waals surface area contributed by atoms with Gasteiger partial charge in [-0.15, -0.1) is 0 Å². The average Bonchev–Trinajstić information content (AvgIpc) is 2.12. The Labute approximate surface area is 81.7 Å². The van der Waals surface area contributed by atoms with Gasteiger partial charge < -0.3 is 10.2 Å². The maximum Gasteiger partial charge on any atom is 0.0950 e. The third-order valence-electron chi connectivity index (χ3n) is 2.30. The van der Waals surface area contributed by atoms with Crippen LogP contribution in [0.4, 0.5) is 0 Å². The van der Waals surface area contributed by atoms with E-state index in [0.29, 0.717) is 6.04 Å². The molecule has 1 unspecified atom stereocenters. The van der Waals surface area contributed by atoms with E-state index in [-0.39, 0.29) is 6.04 Å². The van der Waals surface area contributed by atoms with Crippen LogP contribution >= 0.6 is 0 Å².